The van der Waals surface area contributed by atoms with Gasteiger partial charge in [0.2, 0.25) is 0 Å². The van der Waals surface area contributed by atoms with Gasteiger partial charge in [0.05, 0.1) is 6.61 Å². The third-order valence-electron chi connectivity index (χ3n) is 1.37. The van der Waals surface area contributed by atoms with Crippen LogP contribution in [0.25, 0.3) is 0 Å². The van der Waals surface area contributed by atoms with Gasteiger partial charge >= 0.3 is 23.9 Å². The van der Waals surface area contributed by atoms with E-state index in [0.717, 1.165) is 0 Å². The molecule has 0 radical (unpaired) electrons. The molecule has 0 saturated carbocycles. The lowest BCUT2D eigenvalue weighted by Crippen LogP contribution is -2.17. The summed E-state index contributed by atoms with van der Waals surface area (Å²) in [6, 6.07) is 0. The fourth-order valence-electron chi connectivity index (χ4n) is 0.691. The fourth-order valence-corrected chi connectivity index (χ4v) is 2.74. The second kappa shape index (κ2) is 6.98. The van der Waals surface area contributed by atoms with E-state index in [1.807, 2.05) is 0 Å². The fraction of sp³-hybridized carbons (Fsp3) is 0.600. The van der Waals surface area contributed by atoms with Gasteiger partial charge in [-0.15, -0.1) is 9.42 Å². The molecule has 4 N–H and O–H groups in total. The smallest absolute Gasteiger partial charge is 0.302 e. The average Bonchev–Trinajstić information content (AvgIpc) is 2.07. The monoisotopic (exact) mass is 325 g/mol. The minimum atomic E-state index is -5.21. The highest BCUT2D eigenvalue weighted by Crippen LogP contribution is 2.57. The highest BCUT2D eigenvalue weighted by atomic mass is 31.3. The molecule has 0 rings (SSSR count). The van der Waals surface area contributed by atoms with Crippen LogP contribution in [0.4, 0.5) is 0 Å². The zero-order valence-corrected chi connectivity index (χ0v) is 11.8. The molecule has 3 atom stereocenters. The van der Waals surface area contributed by atoms with Crippen molar-refractivity contribution in [2.45, 2.75) is 13.0 Å². The lowest BCUT2D eigenvalue weighted by molar-refractivity contribution is 0.114. The van der Waals surface area contributed by atoms with Gasteiger partial charge in [-0.25, -0.2) is 9.13 Å². The molecule has 0 saturated heterocycles. The molecule has 0 amide bonds. The molecule has 13 heteroatoms. The lowest BCUT2D eigenvalue weighted by atomic mass is 10.2. The Hall–Kier alpha value is 0.0200. The van der Waals surface area contributed by atoms with Crippen LogP contribution in [-0.4, -0.2) is 32.3 Å². The van der Waals surface area contributed by atoms with Gasteiger partial charge in [0.15, 0.2) is 6.10 Å². The molecular formula is C5H12O10P3+. The van der Waals surface area contributed by atoms with Crippen LogP contribution in [-0.2, 0) is 27.1 Å². The second-order valence-corrected chi connectivity index (χ2v) is 6.53. The Kier molecular flexibility index (Phi) is 6.99. The Balaban J connectivity index is 4.52. The third kappa shape index (κ3) is 9.02. The summed E-state index contributed by atoms with van der Waals surface area (Å²) in [5, 5.41) is 0. The zero-order chi connectivity index (χ0) is 14.6. The molecule has 106 valence electrons. The molecule has 0 spiro atoms. The Morgan fingerprint density at radius 1 is 1.39 bits per heavy atom. The van der Waals surface area contributed by atoms with Crippen LogP contribution in [0.3, 0.4) is 0 Å². The molecule has 0 aromatic rings. The van der Waals surface area contributed by atoms with E-state index in [0.29, 0.717) is 0 Å². The van der Waals surface area contributed by atoms with Gasteiger partial charge in [-0.1, -0.05) is 6.58 Å². The van der Waals surface area contributed by atoms with E-state index in [4.69, 9.17) is 19.6 Å². The molecule has 0 aliphatic heterocycles. The summed E-state index contributed by atoms with van der Waals surface area (Å²) in [4.78, 5) is 34.0. The second-order valence-electron chi connectivity index (χ2n) is 3.01. The van der Waals surface area contributed by atoms with E-state index in [9.17, 15) is 13.7 Å². The van der Waals surface area contributed by atoms with E-state index in [-0.39, 0.29) is 5.57 Å². The van der Waals surface area contributed by atoms with Gasteiger partial charge in [-0.3, -0.25) is 4.52 Å². The number of hydrogen-bond acceptors (Lipinski definition) is 6. The summed E-state index contributed by atoms with van der Waals surface area (Å²) in [5.74, 6) is 0. The van der Waals surface area contributed by atoms with Crippen LogP contribution in [0.1, 0.15) is 6.92 Å². The summed E-state index contributed by atoms with van der Waals surface area (Å²) in [6.07, 6.45) is -1.21. The molecule has 10 nitrogen and oxygen atoms in total. The van der Waals surface area contributed by atoms with Crippen LogP contribution >= 0.6 is 23.9 Å². The largest absolute Gasteiger partial charge is 0.695 e. The number of phosphoric acid groups is 2. The van der Waals surface area contributed by atoms with Crippen LogP contribution < -0.4 is 0 Å². The van der Waals surface area contributed by atoms with Crippen molar-refractivity contribution in [1.29, 1.82) is 0 Å². The van der Waals surface area contributed by atoms with Gasteiger partial charge in [0, 0.05) is 4.57 Å². The summed E-state index contributed by atoms with van der Waals surface area (Å²) in [7, 11) is -13.2. The van der Waals surface area contributed by atoms with Gasteiger partial charge in [0.1, 0.15) is 0 Å². The SMILES string of the molecule is C=C(C)C(COP(=O)(O)OP(=O)(O)O)O[P+](=O)O. The predicted molar refractivity (Wildman–Crippen MR) is 58.4 cm³/mol. The van der Waals surface area contributed by atoms with E-state index in [1.165, 1.54) is 6.92 Å². The average molecular weight is 325 g/mol. The van der Waals surface area contributed by atoms with Crippen LogP contribution in [0.15, 0.2) is 12.2 Å². The van der Waals surface area contributed by atoms with Crippen molar-refractivity contribution < 1.29 is 46.6 Å². The molecule has 0 fully saturated rings. The maximum atomic E-state index is 11.0. The Morgan fingerprint density at radius 2 is 1.89 bits per heavy atom. The van der Waals surface area contributed by atoms with E-state index in [1.54, 1.807) is 0 Å². The van der Waals surface area contributed by atoms with Gasteiger partial charge in [-0.2, -0.15) is 4.31 Å². The molecule has 18 heavy (non-hydrogen) atoms. The first-order valence-electron chi connectivity index (χ1n) is 4.15. The van der Waals surface area contributed by atoms with Crippen LogP contribution in [0.5, 0.6) is 0 Å². The first-order valence-corrected chi connectivity index (χ1v) is 8.31. The van der Waals surface area contributed by atoms with Crippen molar-refractivity contribution in [1.82, 2.24) is 0 Å². The molecule has 0 aromatic heterocycles. The van der Waals surface area contributed by atoms with Crippen molar-refractivity contribution in [2.75, 3.05) is 6.61 Å². The zero-order valence-electron chi connectivity index (χ0n) is 9.07. The topological polar surface area (TPSA) is 160 Å². The van der Waals surface area contributed by atoms with Gasteiger partial charge in [0.25, 0.3) is 0 Å². The van der Waals surface area contributed by atoms with Crippen molar-refractivity contribution in [3.8, 4) is 0 Å². The summed E-state index contributed by atoms with van der Waals surface area (Å²) in [5.41, 5.74) is 0.198. The van der Waals surface area contributed by atoms with Crippen molar-refractivity contribution in [3.05, 3.63) is 12.2 Å². The molecule has 0 aromatic carbocycles. The van der Waals surface area contributed by atoms with E-state index >= 15 is 0 Å². The number of phosphoric ester groups is 1. The molecule has 3 unspecified atom stereocenters. The molecular weight excluding hydrogens is 313 g/mol. The van der Waals surface area contributed by atoms with Gasteiger partial charge in [-0.05, 0) is 12.5 Å². The van der Waals surface area contributed by atoms with E-state index < -0.39 is 36.6 Å². The standard InChI is InChI=1S/C5H11O10P3/c1-4(2)5(14-16(6)7)3-13-18(11,12)15-17(8,9)10/h5H,1,3H2,2H3,(H3-,6,7,8,9,10,11,12)/p+1. The lowest BCUT2D eigenvalue weighted by Gasteiger charge is -2.15. The minimum absolute atomic E-state index is 0.198. The third-order valence-corrected chi connectivity index (χ3v) is 3.95. The number of rotatable bonds is 8. The molecule has 0 aliphatic rings. The Bertz CT molecular complexity index is 412. The first-order chi connectivity index (χ1) is 7.93. The summed E-state index contributed by atoms with van der Waals surface area (Å²) >= 11 is 0. The summed E-state index contributed by atoms with van der Waals surface area (Å²) < 4.78 is 43.9. The number of hydrogen-bond donors (Lipinski definition) is 4. The van der Waals surface area contributed by atoms with Crippen molar-refractivity contribution >= 4 is 23.9 Å². The Labute approximate surface area is 103 Å². The van der Waals surface area contributed by atoms with E-state index in [2.05, 4.69) is 19.9 Å². The van der Waals surface area contributed by atoms with Crippen LogP contribution in [0.2, 0.25) is 0 Å². The highest BCUT2D eigenvalue weighted by molar-refractivity contribution is 7.60. The maximum Gasteiger partial charge on any atom is 0.695 e. The highest BCUT2D eigenvalue weighted by Gasteiger charge is 2.34. The van der Waals surface area contributed by atoms with Crippen molar-refractivity contribution in [2.24, 2.45) is 0 Å². The van der Waals surface area contributed by atoms with Crippen molar-refractivity contribution in [3.63, 3.8) is 0 Å². The normalized spacial score (nSPS) is 17.9. The van der Waals surface area contributed by atoms with Crippen LogP contribution in [0, 0.1) is 0 Å². The molecule has 0 heterocycles. The maximum absolute atomic E-state index is 11.0. The first kappa shape index (κ1) is 18.0. The quantitative estimate of drug-likeness (QED) is 0.371. The summed E-state index contributed by atoms with van der Waals surface area (Å²) in [6.45, 7) is 4.02. The minimum Gasteiger partial charge on any atom is -0.302 e. The predicted octanol–water partition coefficient (Wildman–Crippen LogP) is 0.824. The van der Waals surface area contributed by atoms with Gasteiger partial charge < -0.3 is 14.7 Å². The molecule has 0 bridgehead atoms. The molecule has 0 aliphatic carbocycles. The Morgan fingerprint density at radius 3 is 2.22 bits per heavy atom.